The third kappa shape index (κ3) is 3.32. The van der Waals surface area contributed by atoms with Gasteiger partial charge in [-0.05, 0) is 18.6 Å². The molecule has 3 N–H and O–H groups in total. The van der Waals surface area contributed by atoms with E-state index in [2.05, 4.69) is 31.0 Å². The van der Waals surface area contributed by atoms with Gasteiger partial charge in [-0.1, -0.05) is 25.1 Å². The van der Waals surface area contributed by atoms with Crippen LogP contribution in [-0.2, 0) is 4.79 Å². The molecule has 0 atom stereocenters. The first kappa shape index (κ1) is 17.7. The quantitative estimate of drug-likeness (QED) is 0.474. The van der Waals surface area contributed by atoms with E-state index in [1.54, 1.807) is 16.9 Å². The Kier molecular flexibility index (Phi) is 4.76. The summed E-state index contributed by atoms with van der Waals surface area (Å²) >= 11 is 0. The number of carbonyl (C=O) groups is 1. The Morgan fingerprint density at radius 2 is 2.04 bits per heavy atom. The average molecular weight is 375 g/mol. The lowest BCUT2D eigenvalue weighted by Crippen LogP contribution is -2.11. The van der Waals surface area contributed by atoms with Crippen LogP contribution in [0, 0.1) is 0 Å². The molecule has 0 radical (unpaired) electrons. The van der Waals surface area contributed by atoms with Crippen LogP contribution in [0.15, 0.2) is 48.8 Å². The highest BCUT2D eigenvalue weighted by Gasteiger charge is 2.14. The topological polar surface area (TPSA) is 96.2 Å². The molecule has 0 bridgehead atoms. The van der Waals surface area contributed by atoms with Gasteiger partial charge in [-0.2, -0.15) is 9.61 Å². The monoisotopic (exact) mass is 375 g/mol. The molecule has 0 fully saturated rings. The number of carbonyl (C=O) groups excluding carboxylic acids is 1. The van der Waals surface area contributed by atoms with Crippen molar-refractivity contribution >= 4 is 45.5 Å². The Labute approximate surface area is 162 Å². The molecule has 0 aliphatic rings. The molecule has 28 heavy (non-hydrogen) atoms. The summed E-state index contributed by atoms with van der Waals surface area (Å²) in [7, 11) is 1.81. The van der Waals surface area contributed by atoms with Crippen molar-refractivity contribution in [1.29, 1.82) is 0 Å². The third-order valence-corrected chi connectivity index (χ3v) is 4.37. The number of aromatic nitrogens is 4. The fraction of sp³-hybridized carbons (Fsp3) is 0.200. The summed E-state index contributed by atoms with van der Waals surface area (Å²) < 4.78 is 1.66. The second-order valence-corrected chi connectivity index (χ2v) is 6.37. The van der Waals surface area contributed by atoms with Crippen LogP contribution < -0.4 is 16.0 Å². The smallest absolute Gasteiger partial charge is 0.224 e. The minimum absolute atomic E-state index is 0.0539. The number of para-hydroxylation sites is 1. The zero-order valence-electron chi connectivity index (χ0n) is 15.7. The van der Waals surface area contributed by atoms with E-state index in [1.165, 1.54) is 0 Å². The van der Waals surface area contributed by atoms with Crippen molar-refractivity contribution in [3.63, 3.8) is 0 Å². The first-order valence-electron chi connectivity index (χ1n) is 9.16. The van der Waals surface area contributed by atoms with Gasteiger partial charge in [-0.25, -0.2) is 4.98 Å². The van der Waals surface area contributed by atoms with Gasteiger partial charge < -0.3 is 16.0 Å². The van der Waals surface area contributed by atoms with E-state index >= 15 is 0 Å². The predicted molar refractivity (Wildman–Crippen MR) is 111 cm³/mol. The molecule has 1 amide bonds. The van der Waals surface area contributed by atoms with Crippen molar-refractivity contribution in [2.24, 2.45) is 0 Å². The first-order chi connectivity index (χ1) is 13.7. The number of benzene rings is 1. The van der Waals surface area contributed by atoms with Gasteiger partial charge in [0, 0.05) is 31.1 Å². The third-order valence-electron chi connectivity index (χ3n) is 4.37. The molecule has 4 aromatic rings. The minimum Gasteiger partial charge on any atom is -0.373 e. The number of fused-ring (bicyclic) bond motifs is 2. The molecule has 3 aromatic heterocycles. The molecule has 0 aliphatic heterocycles. The van der Waals surface area contributed by atoms with Crippen molar-refractivity contribution < 1.29 is 4.79 Å². The van der Waals surface area contributed by atoms with E-state index in [0.29, 0.717) is 23.6 Å². The number of rotatable bonds is 6. The molecular weight excluding hydrogens is 354 g/mol. The zero-order valence-corrected chi connectivity index (χ0v) is 15.7. The van der Waals surface area contributed by atoms with Gasteiger partial charge in [0.15, 0.2) is 5.65 Å². The summed E-state index contributed by atoms with van der Waals surface area (Å²) in [5.74, 6) is 1.32. The fourth-order valence-corrected chi connectivity index (χ4v) is 3.08. The van der Waals surface area contributed by atoms with E-state index in [-0.39, 0.29) is 5.91 Å². The summed E-state index contributed by atoms with van der Waals surface area (Å²) in [6.45, 7) is 1.97. The Morgan fingerprint density at radius 3 is 2.86 bits per heavy atom. The van der Waals surface area contributed by atoms with E-state index < -0.39 is 0 Å². The Hall–Kier alpha value is -3.68. The number of hydrogen-bond acceptors (Lipinski definition) is 6. The average Bonchev–Trinajstić information content (AvgIpc) is 3.10. The van der Waals surface area contributed by atoms with Crippen LogP contribution in [0.25, 0.3) is 16.6 Å². The van der Waals surface area contributed by atoms with E-state index in [0.717, 1.165) is 28.8 Å². The summed E-state index contributed by atoms with van der Waals surface area (Å²) in [6, 6.07) is 11.7. The maximum absolute atomic E-state index is 12.0. The van der Waals surface area contributed by atoms with Crippen LogP contribution in [-0.4, -0.2) is 32.5 Å². The van der Waals surface area contributed by atoms with Crippen LogP contribution in [0.3, 0.4) is 0 Å². The molecule has 0 spiro atoms. The van der Waals surface area contributed by atoms with Crippen molar-refractivity contribution in [2.75, 3.05) is 23.0 Å². The molecule has 8 heteroatoms. The highest BCUT2D eigenvalue weighted by molar-refractivity contribution is 5.95. The van der Waals surface area contributed by atoms with Crippen LogP contribution in [0.1, 0.15) is 19.8 Å². The SMILES string of the molecule is CCCC(=O)Nc1cnn2c(NC)cc(Nc3cccc4cccnc34)nc12. The highest BCUT2D eigenvalue weighted by Crippen LogP contribution is 2.27. The second-order valence-electron chi connectivity index (χ2n) is 6.37. The molecule has 4 rings (SSSR count). The molecule has 8 nitrogen and oxygen atoms in total. The summed E-state index contributed by atoms with van der Waals surface area (Å²) in [5, 5.41) is 14.7. The maximum atomic E-state index is 12.0. The second kappa shape index (κ2) is 7.51. The standard InChI is InChI=1S/C20H21N7O/c1-3-6-18(28)25-15-12-23-27-17(21-2)11-16(26-20(15)27)24-14-9-4-7-13-8-5-10-22-19(13)14/h4-5,7-12,21H,3,6H2,1-2H3,(H,24,26)(H,25,28). The molecule has 1 aromatic carbocycles. The fourth-order valence-electron chi connectivity index (χ4n) is 3.08. The van der Waals surface area contributed by atoms with E-state index in [1.807, 2.05) is 50.4 Å². The lowest BCUT2D eigenvalue weighted by atomic mass is 10.2. The van der Waals surface area contributed by atoms with Crippen LogP contribution in [0.5, 0.6) is 0 Å². The van der Waals surface area contributed by atoms with Gasteiger partial charge in [0.2, 0.25) is 5.91 Å². The lowest BCUT2D eigenvalue weighted by molar-refractivity contribution is -0.116. The summed E-state index contributed by atoms with van der Waals surface area (Å²) in [6.07, 6.45) is 4.61. The number of nitrogens with one attached hydrogen (secondary N) is 3. The molecule has 142 valence electrons. The van der Waals surface area contributed by atoms with Gasteiger partial charge in [0.05, 0.1) is 17.4 Å². The molecule has 0 saturated carbocycles. The zero-order chi connectivity index (χ0) is 19.5. The number of anilines is 4. The lowest BCUT2D eigenvalue weighted by Gasteiger charge is -2.11. The number of hydrogen-bond donors (Lipinski definition) is 3. The number of nitrogens with zero attached hydrogens (tertiary/aromatic N) is 4. The van der Waals surface area contributed by atoms with Crippen LogP contribution >= 0.6 is 0 Å². The van der Waals surface area contributed by atoms with Crippen molar-refractivity contribution in [1.82, 2.24) is 19.6 Å². The maximum Gasteiger partial charge on any atom is 0.224 e. The minimum atomic E-state index is -0.0539. The number of pyridine rings is 1. The Bertz CT molecular complexity index is 1150. The van der Waals surface area contributed by atoms with Gasteiger partial charge in [0.1, 0.15) is 17.3 Å². The van der Waals surface area contributed by atoms with Gasteiger partial charge >= 0.3 is 0 Å². The van der Waals surface area contributed by atoms with Crippen molar-refractivity contribution in [3.05, 3.63) is 48.8 Å². The van der Waals surface area contributed by atoms with Gasteiger partial charge in [0.25, 0.3) is 0 Å². The largest absolute Gasteiger partial charge is 0.373 e. The highest BCUT2D eigenvalue weighted by atomic mass is 16.1. The van der Waals surface area contributed by atoms with Gasteiger partial charge in [-0.3, -0.25) is 9.78 Å². The predicted octanol–water partition coefficient (Wildman–Crippen LogP) is 3.80. The van der Waals surface area contributed by atoms with Crippen LogP contribution in [0.4, 0.5) is 23.0 Å². The van der Waals surface area contributed by atoms with Gasteiger partial charge in [-0.15, -0.1) is 0 Å². The summed E-state index contributed by atoms with van der Waals surface area (Å²) in [4.78, 5) is 21.2. The molecular formula is C20H21N7O. The Balaban J connectivity index is 1.75. The van der Waals surface area contributed by atoms with E-state index in [9.17, 15) is 4.79 Å². The van der Waals surface area contributed by atoms with Crippen molar-refractivity contribution in [2.45, 2.75) is 19.8 Å². The van der Waals surface area contributed by atoms with Crippen LogP contribution in [0.2, 0.25) is 0 Å². The normalized spacial score (nSPS) is 10.9. The van der Waals surface area contributed by atoms with E-state index in [4.69, 9.17) is 0 Å². The molecule has 0 saturated heterocycles. The molecule has 0 unspecified atom stereocenters. The Morgan fingerprint density at radius 1 is 1.18 bits per heavy atom. The number of amides is 1. The van der Waals surface area contributed by atoms with Crippen molar-refractivity contribution in [3.8, 4) is 0 Å². The molecule has 3 heterocycles. The summed E-state index contributed by atoms with van der Waals surface area (Å²) in [5.41, 5.74) is 2.86. The first-order valence-corrected chi connectivity index (χ1v) is 9.16. The molecule has 0 aliphatic carbocycles.